The summed E-state index contributed by atoms with van der Waals surface area (Å²) in [6, 6.07) is 6.23. The predicted molar refractivity (Wildman–Crippen MR) is 106 cm³/mol. The molecule has 1 atom stereocenters. The van der Waals surface area contributed by atoms with Crippen molar-refractivity contribution in [1.82, 2.24) is 9.62 Å². The average Bonchev–Trinajstić information content (AvgIpc) is 2.73. The first-order valence-electron chi connectivity index (χ1n) is 10.1. The van der Waals surface area contributed by atoms with Crippen LogP contribution in [0.5, 0.6) is 5.75 Å². The molecule has 1 aromatic carbocycles. The van der Waals surface area contributed by atoms with Gasteiger partial charge in [0, 0.05) is 19.6 Å². The summed E-state index contributed by atoms with van der Waals surface area (Å²) in [5.41, 5.74) is 0. The first kappa shape index (κ1) is 21.1. The second-order valence-corrected chi connectivity index (χ2v) is 9.44. The molecule has 3 rings (SSSR count). The maximum Gasteiger partial charge on any atom is 0.260 e. The zero-order valence-corrected chi connectivity index (χ0v) is 17.2. The maximum atomic E-state index is 12.6. The zero-order chi connectivity index (χ0) is 20.0. The number of amides is 1. The maximum absolute atomic E-state index is 12.6. The molecule has 1 saturated heterocycles. The number of rotatable bonds is 7. The van der Waals surface area contributed by atoms with Crippen LogP contribution in [0.3, 0.4) is 0 Å². The van der Waals surface area contributed by atoms with Crippen LogP contribution in [-0.2, 0) is 19.6 Å². The normalized spacial score (nSPS) is 20.5. The number of carbonyl (C=O) groups excluding carboxylic acids is 1. The molecule has 0 radical (unpaired) electrons. The molecular formula is C20H30N2O5S. The second-order valence-electron chi connectivity index (χ2n) is 7.50. The Bertz CT molecular complexity index is 738. The van der Waals surface area contributed by atoms with E-state index in [1.54, 1.807) is 19.1 Å². The van der Waals surface area contributed by atoms with Gasteiger partial charge in [0.25, 0.3) is 5.91 Å². The molecule has 1 aromatic rings. The van der Waals surface area contributed by atoms with E-state index >= 15 is 0 Å². The van der Waals surface area contributed by atoms with E-state index in [0.717, 1.165) is 0 Å². The molecule has 156 valence electrons. The van der Waals surface area contributed by atoms with Gasteiger partial charge in [-0.05, 0) is 49.9 Å². The van der Waals surface area contributed by atoms with E-state index in [0.29, 0.717) is 44.5 Å². The van der Waals surface area contributed by atoms with Crippen LogP contribution in [0.25, 0.3) is 0 Å². The van der Waals surface area contributed by atoms with Gasteiger partial charge in [-0.2, -0.15) is 4.31 Å². The Balaban J connectivity index is 1.52. The number of ether oxygens (including phenoxy) is 2. The molecule has 1 aliphatic heterocycles. The topological polar surface area (TPSA) is 84.9 Å². The Hall–Kier alpha value is -1.64. The number of benzene rings is 1. The average molecular weight is 411 g/mol. The van der Waals surface area contributed by atoms with Gasteiger partial charge in [-0.15, -0.1) is 0 Å². The van der Waals surface area contributed by atoms with Gasteiger partial charge >= 0.3 is 0 Å². The molecule has 1 aliphatic carbocycles. The molecule has 1 N–H and O–H groups in total. The molecule has 1 saturated carbocycles. The minimum atomic E-state index is -3.53. The van der Waals surface area contributed by atoms with E-state index in [4.69, 9.17) is 9.47 Å². The van der Waals surface area contributed by atoms with Crippen molar-refractivity contribution in [2.24, 2.45) is 5.92 Å². The van der Waals surface area contributed by atoms with Crippen molar-refractivity contribution >= 4 is 15.9 Å². The minimum absolute atomic E-state index is 0.143. The molecule has 7 nitrogen and oxygen atoms in total. The summed E-state index contributed by atoms with van der Waals surface area (Å²) < 4.78 is 37.6. The fraction of sp³-hybridized carbons (Fsp3) is 0.650. The molecule has 0 unspecified atom stereocenters. The van der Waals surface area contributed by atoms with Crippen LogP contribution in [0.4, 0.5) is 0 Å². The molecule has 8 heteroatoms. The first-order chi connectivity index (χ1) is 13.5. The van der Waals surface area contributed by atoms with Crippen molar-refractivity contribution in [3.63, 3.8) is 0 Å². The van der Waals surface area contributed by atoms with Crippen molar-refractivity contribution in [2.45, 2.75) is 50.0 Å². The van der Waals surface area contributed by atoms with E-state index in [-0.39, 0.29) is 10.8 Å². The monoisotopic (exact) mass is 410 g/mol. The highest BCUT2D eigenvalue weighted by molar-refractivity contribution is 7.89. The predicted octanol–water partition coefficient (Wildman–Crippen LogP) is 2.17. The lowest BCUT2D eigenvalue weighted by molar-refractivity contribution is -0.127. The van der Waals surface area contributed by atoms with Gasteiger partial charge in [0.15, 0.2) is 6.10 Å². The van der Waals surface area contributed by atoms with E-state index in [9.17, 15) is 13.2 Å². The summed E-state index contributed by atoms with van der Waals surface area (Å²) in [6.07, 6.45) is 5.49. The van der Waals surface area contributed by atoms with Crippen LogP contribution >= 0.6 is 0 Å². The number of carbonyl (C=O) groups is 1. The smallest absolute Gasteiger partial charge is 0.260 e. The highest BCUT2D eigenvalue weighted by Gasteiger charge is 2.26. The summed E-state index contributed by atoms with van der Waals surface area (Å²) in [5.74, 6) is 0.895. The highest BCUT2D eigenvalue weighted by Crippen LogP contribution is 2.23. The molecule has 1 amide bonds. The number of sulfonamides is 1. The van der Waals surface area contributed by atoms with Crippen LogP contribution in [0.15, 0.2) is 29.2 Å². The van der Waals surface area contributed by atoms with Crippen molar-refractivity contribution < 1.29 is 22.7 Å². The fourth-order valence-electron chi connectivity index (χ4n) is 3.66. The third kappa shape index (κ3) is 5.46. The number of nitrogens with zero attached hydrogens (tertiary/aromatic N) is 1. The summed E-state index contributed by atoms with van der Waals surface area (Å²) in [6.45, 7) is 3.94. The number of morpholine rings is 1. The first-order valence-corrected chi connectivity index (χ1v) is 11.5. The van der Waals surface area contributed by atoms with Crippen molar-refractivity contribution in [3.05, 3.63) is 24.3 Å². The van der Waals surface area contributed by atoms with E-state index < -0.39 is 16.1 Å². The minimum Gasteiger partial charge on any atom is -0.481 e. The van der Waals surface area contributed by atoms with Gasteiger partial charge in [-0.3, -0.25) is 4.79 Å². The third-order valence-corrected chi connectivity index (χ3v) is 7.32. The molecule has 2 fully saturated rings. The van der Waals surface area contributed by atoms with Crippen LogP contribution in [-0.4, -0.2) is 57.6 Å². The molecule has 28 heavy (non-hydrogen) atoms. The van der Waals surface area contributed by atoms with Crippen LogP contribution < -0.4 is 10.1 Å². The Morgan fingerprint density at radius 1 is 1.18 bits per heavy atom. The lowest BCUT2D eigenvalue weighted by atomic mass is 9.89. The fourth-order valence-corrected chi connectivity index (χ4v) is 5.07. The summed E-state index contributed by atoms with van der Waals surface area (Å²) in [5, 5.41) is 2.97. The Kier molecular flexibility index (Phi) is 7.31. The van der Waals surface area contributed by atoms with E-state index in [1.165, 1.54) is 48.5 Å². The van der Waals surface area contributed by atoms with Gasteiger partial charge < -0.3 is 14.8 Å². The lowest BCUT2D eigenvalue weighted by Gasteiger charge is -2.26. The lowest BCUT2D eigenvalue weighted by Crippen LogP contribution is -2.40. The third-order valence-electron chi connectivity index (χ3n) is 5.40. The molecule has 2 aliphatic rings. The largest absolute Gasteiger partial charge is 0.481 e. The number of hydrogen-bond acceptors (Lipinski definition) is 5. The van der Waals surface area contributed by atoms with E-state index in [1.807, 2.05) is 0 Å². The molecule has 0 bridgehead atoms. The number of hydrogen-bond donors (Lipinski definition) is 1. The van der Waals surface area contributed by atoms with Crippen LogP contribution in [0, 0.1) is 5.92 Å². The standard InChI is InChI=1S/C20H30N2O5S/c1-16(20(23)21-15-17-5-3-2-4-6-17)27-18-7-9-19(10-8-18)28(24,25)22-11-13-26-14-12-22/h7-10,16-17H,2-6,11-15H2,1H3,(H,21,23)/t16-/m1/s1. The Morgan fingerprint density at radius 3 is 2.46 bits per heavy atom. The van der Waals surface area contributed by atoms with Gasteiger partial charge in [0.1, 0.15) is 5.75 Å². The van der Waals surface area contributed by atoms with Crippen molar-refractivity contribution in [3.8, 4) is 5.75 Å². The van der Waals surface area contributed by atoms with Gasteiger partial charge in [0.2, 0.25) is 10.0 Å². The van der Waals surface area contributed by atoms with Gasteiger partial charge in [-0.25, -0.2) is 8.42 Å². The molecule has 1 heterocycles. The molecular weight excluding hydrogens is 380 g/mol. The summed E-state index contributed by atoms with van der Waals surface area (Å²) in [4.78, 5) is 12.5. The van der Waals surface area contributed by atoms with Gasteiger partial charge in [0.05, 0.1) is 18.1 Å². The summed E-state index contributed by atoms with van der Waals surface area (Å²) in [7, 11) is -3.53. The highest BCUT2D eigenvalue weighted by atomic mass is 32.2. The number of nitrogens with one attached hydrogen (secondary N) is 1. The van der Waals surface area contributed by atoms with Crippen LogP contribution in [0.2, 0.25) is 0 Å². The van der Waals surface area contributed by atoms with E-state index in [2.05, 4.69) is 5.32 Å². The second kappa shape index (κ2) is 9.71. The van der Waals surface area contributed by atoms with Crippen molar-refractivity contribution in [2.75, 3.05) is 32.8 Å². The van der Waals surface area contributed by atoms with Gasteiger partial charge in [-0.1, -0.05) is 19.3 Å². The summed E-state index contributed by atoms with van der Waals surface area (Å²) >= 11 is 0. The zero-order valence-electron chi connectivity index (χ0n) is 16.4. The van der Waals surface area contributed by atoms with Crippen molar-refractivity contribution in [1.29, 1.82) is 0 Å². The molecule has 0 spiro atoms. The Morgan fingerprint density at radius 2 is 1.82 bits per heavy atom. The SMILES string of the molecule is C[C@@H](Oc1ccc(S(=O)(=O)N2CCOCC2)cc1)C(=O)NCC1CCCCC1. The van der Waals surface area contributed by atoms with Crippen LogP contribution in [0.1, 0.15) is 39.0 Å². The quantitative estimate of drug-likeness (QED) is 0.745. The molecule has 0 aromatic heterocycles. The Labute approximate surface area is 167 Å².